The summed E-state index contributed by atoms with van der Waals surface area (Å²) in [7, 11) is 0. The molecule has 0 aromatic heterocycles. The molecule has 3 N–H and O–H groups in total. The van der Waals surface area contributed by atoms with Crippen LogP contribution in [0, 0.1) is 0 Å². The molecule has 0 saturated heterocycles. The minimum Gasteiger partial charge on any atom is -0.481 e. The normalized spacial score (nSPS) is 9.78. The summed E-state index contributed by atoms with van der Waals surface area (Å²) in [6.45, 7) is 0. The van der Waals surface area contributed by atoms with Crippen LogP contribution in [-0.2, 0) is 20.8 Å². The van der Waals surface area contributed by atoms with Gasteiger partial charge in [0.15, 0.2) is 0 Å². The zero-order chi connectivity index (χ0) is 13.5. The molecular weight excluding hydrogens is 238 g/mol. The van der Waals surface area contributed by atoms with Crippen molar-refractivity contribution in [3.05, 3.63) is 29.8 Å². The first-order valence-corrected chi connectivity index (χ1v) is 5.30. The van der Waals surface area contributed by atoms with Gasteiger partial charge in [0.25, 0.3) is 0 Å². The van der Waals surface area contributed by atoms with Crippen LogP contribution in [0.25, 0.3) is 0 Å². The number of aliphatic carboxylic acids is 2. The Labute approximate surface area is 103 Å². The van der Waals surface area contributed by atoms with E-state index in [1.165, 1.54) is 0 Å². The number of carbonyl (C=O) groups is 3. The molecule has 0 aliphatic heterocycles. The number of carboxylic acid groups (broad SMARTS) is 2. The summed E-state index contributed by atoms with van der Waals surface area (Å²) < 4.78 is 0. The van der Waals surface area contributed by atoms with Gasteiger partial charge in [0.1, 0.15) is 0 Å². The van der Waals surface area contributed by atoms with E-state index in [1.807, 2.05) is 0 Å². The molecule has 0 radical (unpaired) electrons. The SMILES string of the molecule is O=C(O)CCC(=O)Nc1ccccc1CC(=O)O. The maximum atomic E-state index is 11.4. The molecule has 0 aliphatic carbocycles. The van der Waals surface area contributed by atoms with Gasteiger partial charge in [0.05, 0.1) is 12.8 Å². The zero-order valence-corrected chi connectivity index (χ0v) is 9.55. The average molecular weight is 251 g/mol. The number of nitrogens with one attached hydrogen (secondary N) is 1. The first-order valence-electron chi connectivity index (χ1n) is 5.30. The molecule has 0 heterocycles. The van der Waals surface area contributed by atoms with E-state index in [0.29, 0.717) is 11.3 Å². The van der Waals surface area contributed by atoms with Crippen LogP contribution in [0.1, 0.15) is 18.4 Å². The molecule has 1 rings (SSSR count). The van der Waals surface area contributed by atoms with Crippen LogP contribution in [0.15, 0.2) is 24.3 Å². The maximum Gasteiger partial charge on any atom is 0.307 e. The van der Waals surface area contributed by atoms with Gasteiger partial charge in [-0.05, 0) is 11.6 Å². The van der Waals surface area contributed by atoms with Crippen LogP contribution in [0.2, 0.25) is 0 Å². The first-order chi connectivity index (χ1) is 8.49. The second-order valence-corrected chi connectivity index (χ2v) is 3.67. The number of para-hydroxylation sites is 1. The van der Waals surface area contributed by atoms with E-state index in [2.05, 4.69) is 5.32 Å². The summed E-state index contributed by atoms with van der Waals surface area (Å²) in [4.78, 5) is 32.4. The Morgan fingerprint density at radius 2 is 1.67 bits per heavy atom. The Hall–Kier alpha value is -2.37. The predicted octanol–water partition coefficient (Wildman–Crippen LogP) is 1.12. The van der Waals surface area contributed by atoms with Crippen LogP contribution >= 0.6 is 0 Å². The van der Waals surface area contributed by atoms with E-state index >= 15 is 0 Å². The lowest BCUT2D eigenvalue weighted by Crippen LogP contribution is -2.15. The molecule has 6 nitrogen and oxygen atoms in total. The second-order valence-electron chi connectivity index (χ2n) is 3.67. The van der Waals surface area contributed by atoms with Crippen molar-refractivity contribution in [3.8, 4) is 0 Å². The molecule has 0 saturated carbocycles. The molecule has 0 atom stereocenters. The summed E-state index contributed by atoms with van der Waals surface area (Å²) in [5.74, 6) is -2.50. The Balaban J connectivity index is 2.68. The number of benzene rings is 1. The average Bonchev–Trinajstić information content (AvgIpc) is 2.28. The topological polar surface area (TPSA) is 104 Å². The number of rotatable bonds is 6. The smallest absolute Gasteiger partial charge is 0.307 e. The van der Waals surface area contributed by atoms with Crippen LogP contribution in [-0.4, -0.2) is 28.1 Å². The number of anilines is 1. The first kappa shape index (κ1) is 13.7. The highest BCUT2D eigenvalue weighted by Gasteiger charge is 2.10. The van der Waals surface area contributed by atoms with Crippen molar-refractivity contribution in [1.82, 2.24) is 0 Å². The lowest BCUT2D eigenvalue weighted by Gasteiger charge is -2.08. The molecule has 0 bridgehead atoms. The van der Waals surface area contributed by atoms with Gasteiger partial charge >= 0.3 is 11.9 Å². The third kappa shape index (κ3) is 4.65. The van der Waals surface area contributed by atoms with Gasteiger partial charge in [0.2, 0.25) is 5.91 Å². The molecule has 6 heteroatoms. The molecule has 0 fully saturated rings. The number of carboxylic acids is 2. The third-order valence-electron chi connectivity index (χ3n) is 2.20. The molecule has 0 unspecified atom stereocenters. The van der Waals surface area contributed by atoms with E-state index in [0.717, 1.165) is 0 Å². The van der Waals surface area contributed by atoms with Crippen molar-refractivity contribution < 1.29 is 24.6 Å². The minimum atomic E-state index is -1.05. The Morgan fingerprint density at radius 1 is 1.00 bits per heavy atom. The molecule has 1 aromatic rings. The molecule has 96 valence electrons. The van der Waals surface area contributed by atoms with Crippen molar-refractivity contribution in [2.75, 3.05) is 5.32 Å². The highest BCUT2D eigenvalue weighted by molar-refractivity contribution is 5.93. The van der Waals surface area contributed by atoms with E-state index in [4.69, 9.17) is 10.2 Å². The minimum absolute atomic E-state index is 0.142. The van der Waals surface area contributed by atoms with Gasteiger partial charge < -0.3 is 15.5 Å². The molecule has 18 heavy (non-hydrogen) atoms. The number of hydrogen-bond donors (Lipinski definition) is 3. The highest BCUT2D eigenvalue weighted by atomic mass is 16.4. The Bertz CT molecular complexity index is 469. The van der Waals surface area contributed by atoms with Gasteiger partial charge in [-0.25, -0.2) is 0 Å². The molecule has 0 aliphatic rings. The number of hydrogen-bond acceptors (Lipinski definition) is 3. The van der Waals surface area contributed by atoms with Crippen LogP contribution in [0.3, 0.4) is 0 Å². The monoisotopic (exact) mass is 251 g/mol. The van der Waals surface area contributed by atoms with Gasteiger partial charge in [-0.1, -0.05) is 18.2 Å². The predicted molar refractivity (Wildman–Crippen MR) is 63.3 cm³/mol. The molecule has 0 spiro atoms. The number of carbonyl (C=O) groups excluding carboxylic acids is 1. The lowest BCUT2D eigenvalue weighted by atomic mass is 10.1. The Morgan fingerprint density at radius 3 is 2.28 bits per heavy atom. The summed E-state index contributed by atoms with van der Waals surface area (Å²) >= 11 is 0. The lowest BCUT2D eigenvalue weighted by molar-refractivity contribution is -0.138. The molecular formula is C12H13NO5. The molecule has 1 aromatic carbocycles. The van der Waals surface area contributed by atoms with Crippen LogP contribution in [0.4, 0.5) is 5.69 Å². The van der Waals surface area contributed by atoms with Crippen molar-refractivity contribution >= 4 is 23.5 Å². The summed E-state index contributed by atoms with van der Waals surface area (Å²) in [6.07, 6.45) is -0.598. The van der Waals surface area contributed by atoms with E-state index in [1.54, 1.807) is 24.3 Å². The summed E-state index contributed by atoms with van der Waals surface area (Å²) in [5.41, 5.74) is 0.879. The van der Waals surface area contributed by atoms with Gasteiger partial charge in [-0.15, -0.1) is 0 Å². The van der Waals surface area contributed by atoms with Crippen molar-refractivity contribution in [1.29, 1.82) is 0 Å². The summed E-state index contributed by atoms with van der Waals surface area (Å²) in [5, 5.41) is 19.7. The van der Waals surface area contributed by atoms with Crippen LogP contribution in [0.5, 0.6) is 0 Å². The van der Waals surface area contributed by atoms with Gasteiger partial charge in [-0.2, -0.15) is 0 Å². The van der Waals surface area contributed by atoms with E-state index in [9.17, 15) is 14.4 Å². The fraction of sp³-hybridized carbons (Fsp3) is 0.250. The number of amides is 1. The standard InChI is InChI=1S/C12H13NO5/c14-10(5-6-11(15)16)13-9-4-2-1-3-8(9)7-12(17)18/h1-4H,5-7H2,(H,13,14)(H,15,16)(H,17,18). The third-order valence-corrected chi connectivity index (χ3v) is 2.20. The Kier molecular flexibility index (Phi) is 4.86. The van der Waals surface area contributed by atoms with Crippen molar-refractivity contribution in [2.45, 2.75) is 19.3 Å². The second kappa shape index (κ2) is 6.39. The van der Waals surface area contributed by atoms with E-state index < -0.39 is 17.8 Å². The van der Waals surface area contributed by atoms with Gasteiger partial charge in [0, 0.05) is 12.1 Å². The summed E-state index contributed by atoms with van der Waals surface area (Å²) in [6, 6.07) is 6.52. The maximum absolute atomic E-state index is 11.4. The van der Waals surface area contributed by atoms with Crippen molar-refractivity contribution in [3.63, 3.8) is 0 Å². The van der Waals surface area contributed by atoms with Gasteiger partial charge in [-0.3, -0.25) is 14.4 Å². The zero-order valence-electron chi connectivity index (χ0n) is 9.55. The largest absolute Gasteiger partial charge is 0.481 e. The highest BCUT2D eigenvalue weighted by Crippen LogP contribution is 2.16. The van der Waals surface area contributed by atoms with Crippen LogP contribution < -0.4 is 5.32 Å². The fourth-order valence-corrected chi connectivity index (χ4v) is 1.39. The molecule has 1 amide bonds. The van der Waals surface area contributed by atoms with E-state index in [-0.39, 0.29) is 19.3 Å². The fourth-order valence-electron chi connectivity index (χ4n) is 1.39. The van der Waals surface area contributed by atoms with Crippen molar-refractivity contribution in [2.24, 2.45) is 0 Å². The quantitative estimate of drug-likeness (QED) is 0.702.